The van der Waals surface area contributed by atoms with E-state index < -0.39 is 17.7 Å². The van der Waals surface area contributed by atoms with Gasteiger partial charge < -0.3 is 5.73 Å². The Kier molecular flexibility index (Phi) is 3.95. The van der Waals surface area contributed by atoms with Crippen LogP contribution < -0.4 is 5.73 Å². The van der Waals surface area contributed by atoms with Crippen molar-refractivity contribution in [3.63, 3.8) is 0 Å². The quantitative estimate of drug-likeness (QED) is 0.839. The minimum absolute atomic E-state index is 0.0738. The summed E-state index contributed by atoms with van der Waals surface area (Å²) in [5.41, 5.74) is 7.02. The van der Waals surface area contributed by atoms with Gasteiger partial charge in [-0.05, 0) is 55.6 Å². The molecule has 0 aromatic heterocycles. The monoisotopic (exact) mass is 267 g/mol. The molecule has 2 N–H and O–H groups in total. The molecule has 0 spiro atoms. The summed E-state index contributed by atoms with van der Waals surface area (Å²) in [5.74, 6) is -0.809. The van der Waals surface area contributed by atoms with Crippen molar-refractivity contribution >= 4 is 0 Å². The molecule has 3 heteroatoms. The van der Waals surface area contributed by atoms with Gasteiger partial charge in [-0.1, -0.05) is 19.9 Å². The number of hydrogen-bond acceptors (Lipinski definition) is 1. The van der Waals surface area contributed by atoms with E-state index in [0.29, 0.717) is 11.0 Å². The maximum absolute atomic E-state index is 14.1. The first-order chi connectivity index (χ1) is 8.82. The van der Waals surface area contributed by atoms with Crippen molar-refractivity contribution in [1.82, 2.24) is 0 Å². The van der Waals surface area contributed by atoms with Crippen LogP contribution in [-0.4, -0.2) is 0 Å². The van der Waals surface area contributed by atoms with E-state index in [4.69, 9.17) is 5.73 Å². The van der Waals surface area contributed by atoms with Gasteiger partial charge in [0.05, 0.1) is 0 Å². The van der Waals surface area contributed by atoms with Crippen molar-refractivity contribution in [2.45, 2.75) is 52.5 Å². The highest BCUT2D eigenvalue weighted by molar-refractivity contribution is 5.29. The third-order valence-electron chi connectivity index (χ3n) is 4.54. The van der Waals surface area contributed by atoms with E-state index >= 15 is 0 Å². The van der Waals surface area contributed by atoms with E-state index in [1.165, 1.54) is 12.1 Å². The van der Waals surface area contributed by atoms with Crippen LogP contribution in [0.5, 0.6) is 0 Å². The Morgan fingerprint density at radius 3 is 2.37 bits per heavy atom. The summed E-state index contributed by atoms with van der Waals surface area (Å²) >= 11 is 0. The fourth-order valence-electron chi connectivity index (χ4n) is 3.00. The Morgan fingerprint density at radius 2 is 1.79 bits per heavy atom. The smallest absolute Gasteiger partial charge is 0.133 e. The molecular formula is C16H23F2N. The zero-order valence-corrected chi connectivity index (χ0v) is 12.0. The van der Waals surface area contributed by atoms with Gasteiger partial charge in [-0.15, -0.1) is 0 Å². The van der Waals surface area contributed by atoms with Gasteiger partial charge in [0.2, 0.25) is 0 Å². The van der Waals surface area contributed by atoms with Crippen LogP contribution in [0.25, 0.3) is 0 Å². The number of halogens is 2. The highest BCUT2D eigenvalue weighted by Crippen LogP contribution is 2.42. The minimum Gasteiger partial charge on any atom is -0.324 e. The van der Waals surface area contributed by atoms with Crippen molar-refractivity contribution < 1.29 is 8.78 Å². The number of rotatable bonds is 2. The maximum Gasteiger partial charge on any atom is 0.133 e. The Balaban J connectivity index is 2.21. The van der Waals surface area contributed by atoms with Gasteiger partial charge in [0, 0.05) is 11.6 Å². The van der Waals surface area contributed by atoms with E-state index in [0.717, 1.165) is 25.7 Å². The number of benzene rings is 1. The zero-order valence-electron chi connectivity index (χ0n) is 12.0. The molecule has 1 aromatic rings. The average Bonchev–Trinajstić information content (AvgIpc) is 2.34. The standard InChI is InChI=1S/C16H23F2N/c1-10-4-5-12(17)13(14(10)18)15(19)11-6-8-16(2,3)9-7-11/h4-5,11,15H,6-9,19H2,1-3H3. The molecule has 106 valence electrons. The molecule has 2 rings (SSSR count). The van der Waals surface area contributed by atoms with Gasteiger partial charge in [-0.25, -0.2) is 8.78 Å². The summed E-state index contributed by atoms with van der Waals surface area (Å²) in [6.45, 7) is 6.13. The molecule has 1 aromatic carbocycles. The molecule has 1 unspecified atom stereocenters. The fourth-order valence-corrected chi connectivity index (χ4v) is 3.00. The zero-order chi connectivity index (χ0) is 14.2. The fraction of sp³-hybridized carbons (Fsp3) is 0.625. The normalized spacial score (nSPS) is 21.4. The van der Waals surface area contributed by atoms with E-state index in [1.54, 1.807) is 6.92 Å². The molecule has 1 aliphatic carbocycles. The first-order valence-electron chi connectivity index (χ1n) is 7.02. The van der Waals surface area contributed by atoms with Gasteiger partial charge in [0.1, 0.15) is 11.6 Å². The Hall–Kier alpha value is -0.960. The molecule has 0 aliphatic heterocycles. The molecule has 0 heterocycles. The second-order valence-electron chi connectivity index (χ2n) is 6.62. The predicted molar refractivity (Wildman–Crippen MR) is 73.8 cm³/mol. The number of aryl methyl sites for hydroxylation is 1. The molecule has 1 aliphatic rings. The van der Waals surface area contributed by atoms with Crippen LogP contribution in [0.4, 0.5) is 8.78 Å². The van der Waals surface area contributed by atoms with E-state index in [9.17, 15) is 8.78 Å². The van der Waals surface area contributed by atoms with Gasteiger partial charge in [0.15, 0.2) is 0 Å². The maximum atomic E-state index is 14.1. The van der Waals surface area contributed by atoms with Gasteiger partial charge in [-0.2, -0.15) is 0 Å². The summed E-state index contributed by atoms with van der Waals surface area (Å²) in [6, 6.07) is 2.25. The molecule has 1 fully saturated rings. The van der Waals surface area contributed by atoms with Crippen LogP contribution in [-0.2, 0) is 0 Å². The Labute approximate surface area is 114 Å². The lowest BCUT2D eigenvalue weighted by molar-refractivity contribution is 0.171. The Morgan fingerprint density at radius 1 is 1.21 bits per heavy atom. The van der Waals surface area contributed by atoms with Crippen molar-refractivity contribution in [2.75, 3.05) is 0 Å². The highest BCUT2D eigenvalue weighted by Gasteiger charge is 2.32. The lowest BCUT2D eigenvalue weighted by Crippen LogP contribution is -2.30. The molecule has 19 heavy (non-hydrogen) atoms. The molecule has 1 atom stereocenters. The topological polar surface area (TPSA) is 26.0 Å². The van der Waals surface area contributed by atoms with Crippen LogP contribution in [0.15, 0.2) is 12.1 Å². The van der Waals surface area contributed by atoms with Gasteiger partial charge in [0.25, 0.3) is 0 Å². The van der Waals surface area contributed by atoms with Crippen LogP contribution in [0.3, 0.4) is 0 Å². The molecular weight excluding hydrogens is 244 g/mol. The number of hydrogen-bond donors (Lipinski definition) is 1. The van der Waals surface area contributed by atoms with Crippen LogP contribution >= 0.6 is 0 Å². The second-order valence-corrected chi connectivity index (χ2v) is 6.62. The SMILES string of the molecule is Cc1ccc(F)c(C(N)C2CCC(C)(C)CC2)c1F. The summed E-state index contributed by atoms with van der Waals surface area (Å²) in [6.07, 6.45) is 4.03. The predicted octanol–water partition coefficient (Wildman–Crippen LogP) is 4.49. The Bertz CT molecular complexity index is 458. The third kappa shape index (κ3) is 2.97. The van der Waals surface area contributed by atoms with Crippen molar-refractivity contribution in [3.05, 3.63) is 34.9 Å². The van der Waals surface area contributed by atoms with E-state index in [1.807, 2.05) is 0 Å². The van der Waals surface area contributed by atoms with Crippen LogP contribution in [0, 0.1) is 29.9 Å². The first kappa shape index (κ1) is 14.4. The lowest BCUT2D eigenvalue weighted by atomic mass is 9.70. The van der Waals surface area contributed by atoms with Gasteiger partial charge in [-0.3, -0.25) is 0 Å². The minimum atomic E-state index is -0.531. The van der Waals surface area contributed by atoms with Crippen LogP contribution in [0.2, 0.25) is 0 Å². The first-order valence-corrected chi connectivity index (χ1v) is 7.02. The van der Waals surface area contributed by atoms with Crippen molar-refractivity contribution in [2.24, 2.45) is 17.1 Å². The van der Waals surface area contributed by atoms with E-state index in [-0.39, 0.29) is 11.5 Å². The summed E-state index contributed by atoms with van der Waals surface area (Å²) in [5, 5.41) is 0. The molecule has 0 bridgehead atoms. The average molecular weight is 267 g/mol. The molecule has 0 amide bonds. The molecule has 1 nitrogen and oxygen atoms in total. The molecule has 1 saturated carbocycles. The number of nitrogens with two attached hydrogens (primary N) is 1. The van der Waals surface area contributed by atoms with E-state index in [2.05, 4.69) is 13.8 Å². The molecule has 0 radical (unpaired) electrons. The van der Waals surface area contributed by atoms with Crippen molar-refractivity contribution in [3.8, 4) is 0 Å². The molecule has 0 saturated heterocycles. The van der Waals surface area contributed by atoms with Crippen LogP contribution in [0.1, 0.15) is 56.7 Å². The van der Waals surface area contributed by atoms with Crippen molar-refractivity contribution in [1.29, 1.82) is 0 Å². The highest BCUT2D eigenvalue weighted by atomic mass is 19.1. The van der Waals surface area contributed by atoms with Gasteiger partial charge >= 0.3 is 0 Å². The largest absolute Gasteiger partial charge is 0.324 e. The lowest BCUT2D eigenvalue weighted by Gasteiger charge is -2.37. The second kappa shape index (κ2) is 5.20. The summed E-state index contributed by atoms with van der Waals surface area (Å²) in [4.78, 5) is 0. The summed E-state index contributed by atoms with van der Waals surface area (Å²) in [7, 11) is 0. The summed E-state index contributed by atoms with van der Waals surface area (Å²) < 4.78 is 28.0. The third-order valence-corrected chi connectivity index (χ3v) is 4.54.